The zero-order chi connectivity index (χ0) is 16.3. The van der Waals surface area contributed by atoms with Crippen LogP contribution >= 0.6 is 0 Å². The van der Waals surface area contributed by atoms with E-state index in [1.165, 1.54) is 0 Å². The van der Waals surface area contributed by atoms with Crippen LogP contribution in [-0.4, -0.2) is 32.6 Å². The van der Waals surface area contributed by atoms with E-state index >= 15 is 0 Å². The van der Waals surface area contributed by atoms with Crippen molar-refractivity contribution in [3.63, 3.8) is 0 Å². The first-order valence-corrected chi connectivity index (χ1v) is 6.74. The van der Waals surface area contributed by atoms with Gasteiger partial charge in [-0.05, 0) is 25.8 Å². The molecule has 0 radical (unpaired) electrons. The summed E-state index contributed by atoms with van der Waals surface area (Å²) in [5.74, 6) is -1.96. The lowest BCUT2D eigenvalue weighted by molar-refractivity contribution is -0.206. The van der Waals surface area contributed by atoms with Crippen molar-refractivity contribution in [2.45, 2.75) is 57.9 Å². The minimum absolute atomic E-state index is 0.187. The van der Waals surface area contributed by atoms with E-state index in [4.69, 9.17) is 5.11 Å². The highest BCUT2D eigenvalue weighted by atomic mass is 19.4. The summed E-state index contributed by atoms with van der Waals surface area (Å²) in [5, 5.41) is 15.0. The Hall–Kier alpha value is -1.57. The molecule has 2 N–H and O–H groups in total. The van der Waals surface area contributed by atoms with Gasteiger partial charge in [0.05, 0.1) is 11.7 Å². The molecule has 0 bridgehead atoms. The molecular weight excluding hydrogens is 287 g/mol. The summed E-state index contributed by atoms with van der Waals surface area (Å²) in [4.78, 5) is 10.9. The number of nitrogens with one attached hydrogen (secondary N) is 1. The second kappa shape index (κ2) is 6.46. The minimum Gasteiger partial charge on any atom is -0.480 e. The Bertz CT molecular complexity index is 483. The molecule has 1 rings (SSSR count). The maximum absolute atomic E-state index is 12.8. The molecule has 5 nitrogen and oxygen atoms in total. The van der Waals surface area contributed by atoms with Gasteiger partial charge in [0, 0.05) is 12.7 Å². The molecule has 0 aliphatic heterocycles. The summed E-state index contributed by atoms with van der Waals surface area (Å²) >= 11 is 0. The van der Waals surface area contributed by atoms with Crippen LogP contribution in [0.2, 0.25) is 0 Å². The maximum Gasteiger partial charge on any atom is 0.417 e. The lowest BCUT2D eigenvalue weighted by atomic mass is 10.0. The molecule has 1 aromatic heterocycles. The SMILES string of the molecule is CCC(CC)n1ccc(CNC(C)(C(=O)O)C(F)(F)F)n1. The number of alkyl halides is 3. The van der Waals surface area contributed by atoms with Gasteiger partial charge in [-0.2, -0.15) is 18.3 Å². The van der Waals surface area contributed by atoms with Gasteiger partial charge in [0.2, 0.25) is 5.54 Å². The van der Waals surface area contributed by atoms with Crippen LogP contribution in [0, 0.1) is 0 Å². The van der Waals surface area contributed by atoms with Crippen molar-refractivity contribution in [1.82, 2.24) is 15.1 Å². The van der Waals surface area contributed by atoms with Gasteiger partial charge in [-0.1, -0.05) is 13.8 Å². The lowest BCUT2D eigenvalue weighted by Crippen LogP contribution is -2.59. The summed E-state index contributed by atoms with van der Waals surface area (Å²) in [7, 11) is 0. The molecule has 1 atom stereocenters. The molecule has 0 aliphatic carbocycles. The van der Waals surface area contributed by atoms with Crippen LogP contribution in [0.1, 0.15) is 45.3 Å². The monoisotopic (exact) mass is 307 g/mol. The molecule has 1 aromatic rings. The normalized spacial score (nSPS) is 15.2. The van der Waals surface area contributed by atoms with Gasteiger partial charge in [-0.15, -0.1) is 0 Å². The molecule has 0 aromatic carbocycles. The molecule has 0 saturated heterocycles. The number of halogens is 3. The molecule has 1 unspecified atom stereocenters. The number of aromatic nitrogens is 2. The minimum atomic E-state index is -4.89. The molecule has 8 heteroatoms. The third-order valence-corrected chi connectivity index (χ3v) is 3.60. The average Bonchev–Trinajstić information content (AvgIpc) is 2.84. The lowest BCUT2D eigenvalue weighted by Gasteiger charge is -2.28. The van der Waals surface area contributed by atoms with Gasteiger partial charge >= 0.3 is 12.1 Å². The van der Waals surface area contributed by atoms with Crippen molar-refractivity contribution >= 4 is 5.97 Å². The smallest absolute Gasteiger partial charge is 0.417 e. The van der Waals surface area contributed by atoms with E-state index < -0.39 is 17.7 Å². The van der Waals surface area contributed by atoms with E-state index in [1.807, 2.05) is 19.2 Å². The van der Waals surface area contributed by atoms with Crippen molar-refractivity contribution in [2.24, 2.45) is 0 Å². The number of hydrogen-bond donors (Lipinski definition) is 2. The number of nitrogens with zero attached hydrogens (tertiary/aromatic N) is 2. The fraction of sp³-hybridized carbons (Fsp3) is 0.692. The number of aliphatic carboxylic acids is 1. The summed E-state index contributed by atoms with van der Waals surface area (Å²) in [6.07, 6.45) is -1.47. The maximum atomic E-state index is 12.8. The van der Waals surface area contributed by atoms with Crippen LogP contribution in [0.25, 0.3) is 0 Å². The molecule has 0 aliphatic rings. The summed E-state index contributed by atoms with van der Waals surface area (Å²) < 4.78 is 40.2. The fourth-order valence-electron chi connectivity index (χ4n) is 1.90. The van der Waals surface area contributed by atoms with Gasteiger partial charge in [-0.3, -0.25) is 10.00 Å². The second-order valence-corrected chi connectivity index (χ2v) is 5.04. The van der Waals surface area contributed by atoms with Crippen molar-refractivity contribution < 1.29 is 23.1 Å². The van der Waals surface area contributed by atoms with E-state index in [2.05, 4.69) is 5.10 Å². The highest BCUT2D eigenvalue weighted by Crippen LogP contribution is 2.30. The zero-order valence-electron chi connectivity index (χ0n) is 12.2. The van der Waals surface area contributed by atoms with E-state index in [-0.39, 0.29) is 12.6 Å². The first-order chi connectivity index (χ1) is 9.65. The fourth-order valence-corrected chi connectivity index (χ4v) is 1.90. The van der Waals surface area contributed by atoms with Crippen LogP contribution in [0.3, 0.4) is 0 Å². The molecule has 0 amide bonds. The number of hydrogen-bond acceptors (Lipinski definition) is 3. The van der Waals surface area contributed by atoms with Gasteiger partial charge in [0.25, 0.3) is 0 Å². The van der Waals surface area contributed by atoms with Crippen LogP contribution in [0.4, 0.5) is 13.2 Å². The summed E-state index contributed by atoms with van der Waals surface area (Å²) in [6.45, 7) is 4.33. The quantitative estimate of drug-likeness (QED) is 0.813. The van der Waals surface area contributed by atoms with Crippen molar-refractivity contribution in [3.05, 3.63) is 18.0 Å². The molecule has 0 spiro atoms. The molecule has 120 valence electrons. The van der Waals surface area contributed by atoms with Crippen molar-refractivity contribution in [3.8, 4) is 0 Å². The highest BCUT2D eigenvalue weighted by molar-refractivity contribution is 5.79. The zero-order valence-corrected chi connectivity index (χ0v) is 12.2. The van der Waals surface area contributed by atoms with Gasteiger partial charge in [0.1, 0.15) is 0 Å². The van der Waals surface area contributed by atoms with Crippen LogP contribution in [0.5, 0.6) is 0 Å². The Morgan fingerprint density at radius 2 is 2.00 bits per heavy atom. The molecule has 0 saturated carbocycles. The van der Waals surface area contributed by atoms with Gasteiger partial charge < -0.3 is 5.11 Å². The average molecular weight is 307 g/mol. The Labute approximate surface area is 121 Å². The largest absolute Gasteiger partial charge is 0.480 e. The standard InChI is InChI=1S/C13H20F3N3O2/c1-4-10(5-2)19-7-6-9(18-19)8-17-12(3,11(20)21)13(14,15)16/h6-7,10,17H,4-5,8H2,1-3H3,(H,20,21). The number of carboxylic acid groups (broad SMARTS) is 1. The second-order valence-electron chi connectivity index (χ2n) is 5.04. The predicted octanol–water partition coefficient (Wildman–Crippen LogP) is 2.74. The molecular formula is C13H20F3N3O2. The Morgan fingerprint density at radius 1 is 1.43 bits per heavy atom. The van der Waals surface area contributed by atoms with E-state index in [1.54, 1.807) is 16.9 Å². The summed E-state index contributed by atoms with van der Waals surface area (Å²) in [6, 6.07) is 1.77. The van der Waals surface area contributed by atoms with E-state index in [0.29, 0.717) is 12.6 Å². The first kappa shape index (κ1) is 17.5. The van der Waals surface area contributed by atoms with Crippen molar-refractivity contribution in [2.75, 3.05) is 0 Å². The Morgan fingerprint density at radius 3 is 2.43 bits per heavy atom. The first-order valence-electron chi connectivity index (χ1n) is 6.74. The van der Waals surface area contributed by atoms with Gasteiger partial charge in [0.15, 0.2) is 0 Å². The third kappa shape index (κ3) is 3.75. The topological polar surface area (TPSA) is 67.2 Å². The molecule has 1 heterocycles. The predicted molar refractivity (Wildman–Crippen MR) is 70.8 cm³/mol. The molecule has 21 heavy (non-hydrogen) atoms. The van der Waals surface area contributed by atoms with E-state index in [9.17, 15) is 18.0 Å². The van der Waals surface area contributed by atoms with Gasteiger partial charge in [-0.25, -0.2) is 4.79 Å². The molecule has 0 fully saturated rings. The van der Waals surface area contributed by atoms with Crippen LogP contribution in [0.15, 0.2) is 12.3 Å². The Kier molecular flexibility index (Phi) is 5.38. The number of rotatable bonds is 7. The van der Waals surface area contributed by atoms with E-state index in [0.717, 1.165) is 12.8 Å². The third-order valence-electron chi connectivity index (χ3n) is 3.60. The summed E-state index contributed by atoms with van der Waals surface area (Å²) in [5.41, 5.74) is -2.62. The van der Waals surface area contributed by atoms with Crippen LogP contribution < -0.4 is 5.32 Å². The van der Waals surface area contributed by atoms with Crippen LogP contribution in [-0.2, 0) is 11.3 Å². The Balaban J connectivity index is 2.81. The number of carboxylic acids is 1. The van der Waals surface area contributed by atoms with Crippen molar-refractivity contribution in [1.29, 1.82) is 0 Å². The number of carbonyl (C=O) groups is 1. The highest BCUT2D eigenvalue weighted by Gasteiger charge is 2.57.